The Morgan fingerprint density at radius 3 is 1.41 bits per heavy atom. The Balaban J connectivity index is 1.55. The maximum Gasteiger partial charge on any atom is 0.265 e. The van der Waals surface area contributed by atoms with E-state index in [1.165, 1.54) is 0 Å². The number of ether oxygens (including phenoxy) is 2. The zero-order valence-electron chi connectivity index (χ0n) is 18.7. The van der Waals surface area contributed by atoms with Gasteiger partial charge in [-0.1, -0.05) is 41.5 Å². The molecule has 0 aromatic heterocycles. The van der Waals surface area contributed by atoms with Crippen molar-refractivity contribution < 1.29 is 19.1 Å². The zero-order valence-corrected chi connectivity index (χ0v) is 18.7. The largest absolute Gasteiger partial charge is 0.481 e. The lowest BCUT2D eigenvalue weighted by Gasteiger charge is -2.17. The molecule has 2 N–H and O–H groups in total. The van der Waals surface area contributed by atoms with Gasteiger partial charge in [0.05, 0.1) is 0 Å². The van der Waals surface area contributed by atoms with Crippen LogP contribution in [0.15, 0.2) is 72.8 Å². The quantitative estimate of drug-likeness (QED) is 0.518. The van der Waals surface area contributed by atoms with Crippen LogP contribution in [0, 0.1) is 13.8 Å². The molecule has 3 aromatic rings. The van der Waals surface area contributed by atoms with E-state index in [-0.39, 0.29) is 11.8 Å². The molecule has 0 heterocycles. The van der Waals surface area contributed by atoms with Gasteiger partial charge in [0.25, 0.3) is 11.8 Å². The number of carbonyl (C=O) groups is 2. The number of aryl methyl sites for hydroxylation is 2. The highest BCUT2D eigenvalue weighted by atomic mass is 16.5. The second kappa shape index (κ2) is 10.5. The average molecular weight is 433 g/mol. The molecule has 6 heteroatoms. The van der Waals surface area contributed by atoms with Crippen molar-refractivity contribution in [3.05, 3.63) is 83.9 Å². The summed E-state index contributed by atoms with van der Waals surface area (Å²) < 4.78 is 11.4. The van der Waals surface area contributed by atoms with Crippen LogP contribution in [0.1, 0.15) is 25.0 Å². The lowest BCUT2D eigenvalue weighted by Crippen LogP contribution is -2.31. The smallest absolute Gasteiger partial charge is 0.265 e. The first-order valence-corrected chi connectivity index (χ1v) is 10.5. The van der Waals surface area contributed by atoms with Crippen LogP contribution in [0.4, 0.5) is 11.4 Å². The topological polar surface area (TPSA) is 76.7 Å². The Bertz CT molecular complexity index is 979. The summed E-state index contributed by atoms with van der Waals surface area (Å²) in [7, 11) is 0. The number of anilines is 2. The highest BCUT2D eigenvalue weighted by molar-refractivity contribution is 5.97. The Kier molecular flexibility index (Phi) is 7.49. The molecule has 2 atom stereocenters. The number of amides is 2. The third kappa shape index (κ3) is 6.60. The summed E-state index contributed by atoms with van der Waals surface area (Å²) in [6, 6.07) is 22.0. The van der Waals surface area contributed by atoms with Crippen LogP contribution in [-0.2, 0) is 9.59 Å². The predicted molar refractivity (Wildman–Crippen MR) is 126 cm³/mol. The van der Waals surface area contributed by atoms with Gasteiger partial charge >= 0.3 is 0 Å². The van der Waals surface area contributed by atoms with Crippen LogP contribution in [0.2, 0.25) is 0 Å². The normalized spacial score (nSPS) is 12.4. The lowest BCUT2D eigenvalue weighted by molar-refractivity contribution is -0.122. The standard InChI is InChI=1S/C26H28N2O4/c1-17-8-12-23(13-9-17)31-19(3)25(29)27-21-6-5-7-22(16-21)28-26(30)20(4)32-24-14-10-18(2)11-15-24/h5-16,19-20H,1-4H3,(H,27,29)(H,28,30)/t19-,20-/m0/s1. The Labute approximate surface area is 188 Å². The van der Waals surface area contributed by atoms with Crippen LogP contribution in [0.3, 0.4) is 0 Å². The second-order valence-corrected chi connectivity index (χ2v) is 7.71. The molecule has 0 radical (unpaired) electrons. The molecule has 0 aliphatic heterocycles. The molecule has 0 bridgehead atoms. The molecule has 0 unspecified atom stereocenters. The summed E-state index contributed by atoms with van der Waals surface area (Å²) >= 11 is 0. The first kappa shape index (κ1) is 22.9. The third-order valence-corrected chi connectivity index (χ3v) is 4.80. The minimum Gasteiger partial charge on any atom is -0.481 e. The first-order chi connectivity index (χ1) is 15.3. The Morgan fingerprint density at radius 1 is 0.656 bits per heavy atom. The molecule has 166 valence electrons. The summed E-state index contributed by atoms with van der Waals surface area (Å²) in [4.78, 5) is 25.0. The van der Waals surface area contributed by atoms with Crippen LogP contribution in [0.5, 0.6) is 11.5 Å². The molecule has 0 saturated carbocycles. The van der Waals surface area contributed by atoms with E-state index in [1.54, 1.807) is 38.1 Å². The van der Waals surface area contributed by atoms with Crippen LogP contribution < -0.4 is 20.1 Å². The minimum atomic E-state index is -0.682. The van der Waals surface area contributed by atoms with Gasteiger partial charge in [-0.25, -0.2) is 0 Å². The molecule has 32 heavy (non-hydrogen) atoms. The summed E-state index contributed by atoms with van der Waals surface area (Å²) in [5, 5.41) is 5.63. The van der Waals surface area contributed by atoms with E-state index >= 15 is 0 Å². The molecule has 3 rings (SSSR count). The monoisotopic (exact) mass is 432 g/mol. The van der Waals surface area contributed by atoms with Crippen molar-refractivity contribution in [3.63, 3.8) is 0 Å². The summed E-state index contributed by atoms with van der Waals surface area (Å²) in [6.45, 7) is 7.35. The summed E-state index contributed by atoms with van der Waals surface area (Å²) in [5.41, 5.74) is 3.34. The van der Waals surface area contributed by atoms with E-state index in [0.29, 0.717) is 22.9 Å². The number of benzene rings is 3. The summed E-state index contributed by atoms with van der Waals surface area (Å²) in [5.74, 6) is 0.680. The number of hydrogen-bond acceptors (Lipinski definition) is 4. The molecule has 0 aliphatic carbocycles. The summed E-state index contributed by atoms with van der Waals surface area (Å²) in [6.07, 6.45) is -1.36. The van der Waals surface area contributed by atoms with Gasteiger partial charge < -0.3 is 20.1 Å². The SMILES string of the molecule is Cc1ccc(O[C@@H](C)C(=O)Nc2cccc(NC(=O)[C@H](C)Oc3ccc(C)cc3)c2)cc1. The van der Waals surface area contributed by atoms with E-state index < -0.39 is 12.2 Å². The predicted octanol–water partition coefficient (Wildman–Crippen LogP) is 5.12. The van der Waals surface area contributed by atoms with Gasteiger partial charge in [-0.2, -0.15) is 0 Å². The molecule has 3 aromatic carbocycles. The molecule has 0 saturated heterocycles. The number of hydrogen-bond donors (Lipinski definition) is 2. The highest BCUT2D eigenvalue weighted by Crippen LogP contribution is 2.19. The van der Waals surface area contributed by atoms with Gasteiger partial charge in [0.1, 0.15) is 11.5 Å². The molecule has 2 amide bonds. The highest BCUT2D eigenvalue weighted by Gasteiger charge is 2.17. The van der Waals surface area contributed by atoms with Crippen molar-refractivity contribution in [2.75, 3.05) is 10.6 Å². The third-order valence-electron chi connectivity index (χ3n) is 4.80. The van der Waals surface area contributed by atoms with E-state index in [0.717, 1.165) is 11.1 Å². The van der Waals surface area contributed by atoms with Crippen molar-refractivity contribution >= 4 is 23.2 Å². The van der Waals surface area contributed by atoms with Crippen LogP contribution >= 0.6 is 0 Å². The van der Waals surface area contributed by atoms with Crippen molar-refractivity contribution in [2.24, 2.45) is 0 Å². The van der Waals surface area contributed by atoms with Gasteiger partial charge in [-0.05, 0) is 70.2 Å². The Morgan fingerprint density at radius 2 is 1.03 bits per heavy atom. The van der Waals surface area contributed by atoms with Gasteiger partial charge in [0, 0.05) is 11.4 Å². The molecular formula is C26H28N2O4. The van der Waals surface area contributed by atoms with Crippen molar-refractivity contribution in [3.8, 4) is 11.5 Å². The Hall–Kier alpha value is -3.80. The van der Waals surface area contributed by atoms with Gasteiger partial charge in [0.15, 0.2) is 12.2 Å². The lowest BCUT2D eigenvalue weighted by atomic mass is 10.2. The first-order valence-electron chi connectivity index (χ1n) is 10.5. The fourth-order valence-electron chi connectivity index (χ4n) is 2.91. The number of carbonyl (C=O) groups excluding carboxylic acids is 2. The fourth-order valence-corrected chi connectivity index (χ4v) is 2.91. The van der Waals surface area contributed by atoms with Crippen molar-refractivity contribution in [1.82, 2.24) is 0 Å². The maximum absolute atomic E-state index is 12.5. The van der Waals surface area contributed by atoms with Crippen LogP contribution in [-0.4, -0.2) is 24.0 Å². The molecular weight excluding hydrogens is 404 g/mol. The molecule has 0 fully saturated rings. The van der Waals surface area contributed by atoms with Gasteiger partial charge in [-0.3, -0.25) is 9.59 Å². The fraction of sp³-hybridized carbons (Fsp3) is 0.231. The number of nitrogens with one attached hydrogen (secondary N) is 2. The molecule has 6 nitrogen and oxygen atoms in total. The van der Waals surface area contributed by atoms with E-state index in [9.17, 15) is 9.59 Å². The van der Waals surface area contributed by atoms with E-state index in [4.69, 9.17) is 9.47 Å². The minimum absolute atomic E-state index is 0.287. The molecule has 0 aliphatic rings. The van der Waals surface area contributed by atoms with E-state index in [2.05, 4.69) is 10.6 Å². The zero-order chi connectivity index (χ0) is 23.1. The average Bonchev–Trinajstić information content (AvgIpc) is 2.77. The van der Waals surface area contributed by atoms with Gasteiger partial charge in [0.2, 0.25) is 0 Å². The van der Waals surface area contributed by atoms with Gasteiger partial charge in [-0.15, -0.1) is 0 Å². The number of rotatable bonds is 8. The van der Waals surface area contributed by atoms with Crippen molar-refractivity contribution in [2.45, 2.75) is 39.9 Å². The maximum atomic E-state index is 12.5. The second-order valence-electron chi connectivity index (χ2n) is 7.71. The van der Waals surface area contributed by atoms with Crippen LogP contribution in [0.25, 0.3) is 0 Å². The van der Waals surface area contributed by atoms with Crippen molar-refractivity contribution in [1.29, 1.82) is 0 Å². The molecule has 0 spiro atoms. The van der Waals surface area contributed by atoms with E-state index in [1.807, 2.05) is 62.4 Å².